The summed E-state index contributed by atoms with van der Waals surface area (Å²) >= 11 is 0. The van der Waals surface area contributed by atoms with Crippen LogP contribution in [0.25, 0.3) is 0 Å². The van der Waals surface area contributed by atoms with Gasteiger partial charge in [0.2, 0.25) is 5.91 Å². The first-order chi connectivity index (χ1) is 8.38. The summed E-state index contributed by atoms with van der Waals surface area (Å²) in [6.45, 7) is 5.56. The first kappa shape index (κ1) is 14.9. The topological polar surface area (TPSA) is 78.9 Å². The van der Waals surface area contributed by atoms with E-state index in [-0.39, 0.29) is 17.9 Å². The summed E-state index contributed by atoms with van der Waals surface area (Å²) in [7, 11) is 1.59. The van der Waals surface area contributed by atoms with Gasteiger partial charge in [-0.1, -0.05) is 0 Å². The van der Waals surface area contributed by atoms with Gasteiger partial charge in [0, 0.05) is 19.2 Å². The van der Waals surface area contributed by atoms with Crippen LogP contribution in [-0.2, 0) is 14.3 Å². The number of carboxylic acid groups (broad SMARTS) is 1. The minimum absolute atomic E-state index is 0.156. The SMILES string of the molecule is COCCN1C(=O)C(CC(=O)O)NCCC1(C)C. The number of nitrogens with one attached hydrogen (secondary N) is 1. The van der Waals surface area contributed by atoms with Crippen molar-refractivity contribution in [2.45, 2.75) is 38.3 Å². The van der Waals surface area contributed by atoms with Crippen molar-refractivity contribution in [3.8, 4) is 0 Å². The molecular formula is C12H22N2O4. The minimum Gasteiger partial charge on any atom is -0.481 e. The smallest absolute Gasteiger partial charge is 0.305 e. The van der Waals surface area contributed by atoms with Crippen molar-refractivity contribution in [3.05, 3.63) is 0 Å². The van der Waals surface area contributed by atoms with E-state index in [0.717, 1.165) is 6.42 Å². The number of hydrogen-bond acceptors (Lipinski definition) is 4. The van der Waals surface area contributed by atoms with Crippen LogP contribution in [0.15, 0.2) is 0 Å². The lowest BCUT2D eigenvalue weighted by molar-refractivity contribution is -0.144. The van der Waals surface area contributed by atoms with Gasteiger partial charge in [-0.05, 0) is 26.8 Å². The van der Waals surface area contributed by atoms with E-state index in [2.05, 4.69) is 5.32 Å². The zero-order valence-electron chi connectivity index (χ0n) is 11.2. The van der Waals surface area contributed by atoms with Crippen LogP contribution >= 0.6 is 0 Å². The fraction of sp³-hybridized carbons (Fsp3) is 0.833. The highest BCUT2D eigenvalue weighted by Crippen LogP contribution is 2.22. The number of aliphatic carboxylic acids is 1. The molecule has 1 saturated heterocycles. The summed E-state index contributed by atoms with van der Waals surface area (Å²) in [6, 6.07) is -0.638. The molecule has 0 aliphatic carbocycles. The number of nitrogens with zero attached hydrogens (tertiary/aromatic N) is 1. The Kier molecular flexibility index (Phi) is 5.10. The number of hydrogen-bond donors (Lipinski definition) is 2. The van der Waals surface area contributed by atoms with E-state index in [1.165, 1.54) is 0 Å². The normalized spacial score (nSPS) is 23.8. The molecule has 0 radical (unpaired) electrons. The zero-order chi connectivity index (χ0) is 13.8. The van der Waals surface area contributed by atoms with E-state index < -0.39 is 12.0 Å². The molecule has 6 nitrogen and oxygen atoms in total. The van der Waals surface area contributed by atoms with Crippen molar-refractivity contribution in [1.82, 2.24) is 10.2 Å². The first-order valence-electron chi connectivity index (χ1n) is 6.14. The quantitative estimate of drug-likeness (QED) is 0.730. The second-order valence-corrected chi connectivity index (χ2v) is 5.15. The molecule has 18 heavy (non-hydrogen) atoms. The van der Waals surface area contributed by atoms with Crippen LogP contribution < -0.4 is 5.32 Å². The van der Waals surface area contributed by atoms with Crippen molar-refractivity contribution in [1.29, 1.82) is 0 Å². The largest absolute Gasteiger partial charge is 0.481 e. The third kappa shape index (κ3) is 3.68. The Hall–Kier alpha value is -1.14. The number of carbonyl (C=O) groups excluding carboxylic acids is 1. The van der Waals surface area contributed by atoms with Gasteiger partial charge in [-0.15, -0.1) is 0 Å². The van der Waals surface area contributed by atoms with Gasteiger partial charge in [0.1, 0.15) is 0 Å². The lowest BCUT2D eigenvalue weighted by Gasteiger charge is -2.37. The fourth-order valence-electron chi connectivity index (χ4n) is 2.19. The number of methoxy groups -OCH3 is 1. The molecule has 0 aromatic carbocycles. The molecule has 0 aromatic rings. The van der Waals surface area contributed by atoms with E-state index in [4.69, 9.17) is 9.84 Å². The highest BCUT2D eigenvalue weighted by Gasteiger charge is 2.37. The maximum absolute atomic E-state index is 12.3. The van der Waals surface area contributed by atoms with Gasteiger partial charge in [-0.3, -0.25) is 9.59 Å². The molecule has 6 heteroatoms. The molecule has 1 heterocycles. The minimum atomic E-state index is -0.966. The molecule has 0 saturated carbocycles. The van der Waals surface area contributed by atoms with Gasteiger partial charge < -0.3 is 20.1 Å². The Bertz CT molecular complexity index is 317. The zero-order valence-corrected chi connectivity index (χ0v) is 11.2. The summed E-state index contributed by atoms with van der Waals surface area (Å²) in [5.41, 5.74) is -0.282. The molecule has 0 bridgehead atoms. The molecule has 1 aliphatic heterocycles. The van der Waals surface area contributed by atoms with E-state index >= 15 is 0 Å². The Morgan fingerprint density at radius 1 is 1.61 bits per heavy atom. The van der Waals surface area contributed by atoms with Crippen LogP contribution in [0, 0.1) is 0 Å². The molecule has 0 aromatic heterocycles. The van der Waals surface area contributed by atoms with Crippen LogP contribution in [0.4, 0.5) is 0 Å². The predicted octanol–water partition coefficient (Wildman–Crippen LogP) is 0.0766. The van der Waals surface area contributed by atoms with Gasteiger partial charge >= 0.3 is 5.97 Å². The average molecular weight is 258 g/mol. The van der Waals surface area contributed by atoms with Gasteiger partial charge in [-0.2, -0.15) is 0 Å². The number of ether oxygens (including phenoxy) is 1. The summed E-state index contributed by atoms with van der Waals surface area (Å²) in [6.07, 6.45) is 0.608. The molecule has 1 unspecified atom stereocenters. The monoisotopic (exact) mass is 258 g/mol. The van der Waals surface area contributed by atoms with E-state index in [0.29, 0.717) is 19.7 Å². The third-order valence-electron chi connectivity index (χ3n) is 3.32. The predicted molar refractivity (Wildman–Crippen MR) is 66.3 cm³/mol. The molecule has 2 N–H and O–H groups in total. The molecule has 1 rings (SSSR count). The summed E-state index contributed by atoms with van der Waals surface area (Å²) in [4.78, 5) is 24.8. The average Bonchev–Trinajstić information content (AvgIpc) is 2.35. The number of amides is 1. The van der Waals surface area contributed by atoms with Crippen LogP contribution in [-0.4, -0.2) is 60.3 Å². The molecule has 0 spiro atoms. The van der Waals surface area contributed by atoms with Crippen molar-refractivity contribution in [2.24, 2.45) is 0 Å². The molecule has 1 aliphatic rings. The van der Waals surface area contributed by atoms with Crippen molar-refractivity contribution < 1.29 is 19.4 Å². The number of carbonyl (C=O) groups is 2. The van der Waals surface area contributed by atoms with Gasteiger partial charge in [0.05, 0.1) is 19.1 Å². The maximum Gasteiger partial charge on any atom is 0.305 e. The van der Waals surface area contributed by atoms with Crippen molar-refractivity contribution >= 4 is 11.9 Å². The van der Waals surface area contributed by atoms with Crippen LogP contribution in [0.3, 0.4) is 0 Å². The fourth-order valence-corrected chi connectivity index (χ4v) is 2.19. The van der Waals surface area contributed by atoms with Crippen LogP contribution in [0.1, 0.15) is 26.7 Å². The number of rotatable bonds is 5. The molecular weight excluding hydrogens is 236 g/mol. The van der Waals surface area contributed by atoms with Crippen LogP contribution in [0.2, 0.25) is 0 Å². The van der Waals surface area contributed by atoms with Crippen LogP contribution in [0.5, 0.6) is 0 Å². The third-order valence-corrected chi connectivity index (χ3v) is 3.32. The van der Waals surface area contributed by atoms with E-state index in [1.54, 1.807) is 12.0 Å². The Balaban J connectivity index is 2.83. The maximum atomic E-state index is 12.3. The summed E-state index contributed by atoms with van der Waals surface area (Å²) in [5.74, 6) is -1.12. The Morgan fingerprint density at radius 2 is 2.28 bits per heavy atom. The second-order valence-electron chi connectivity index (χ2n) is 5.15. The highest BCUT2D eigenvalue weighted by molar-refractivity contribution is 5.87. The summed E-state index contributed by atoms with van der Waals surface area (Å²) < 4.78 is 5.01. The Morgan fingerprint density at radius 3 is 2.83 bits per heavy atom. The first-order valence-corrected chi connectivity index (χ1v) is 6.14. The van der Waals surface area contributed by atoms with Gasteiger partial charge in [-0.25, -0.2) is 0 Å². The lowest BCUT2D eigenvalue weighted by atomic mass is 9.98. The second kappa shape index (κ2) is 6.15. The van der Waals surface area contributed by atoms with Gasteiger partial charge in [0.15, 0.2) is 0 Å². The van der Waals surface area contributed by atoms with Gasteiger partial charge in [0.25, 0.3) is 0 Å². The molecule has 1 atom stereocenters. The highest BCUT2D eigenvalue weighted by atomic mass is 16.5. The molecule has 104 valence electrons. The Labute approximate surface area is 107 Å². The molecule has 1 fully saturated rings. The summed E-state index contributed by atoms with van der Waals surface area (Å²) in [5, 5.41) is 11.8. The van der Waals surface area contributed by atoms with Crippen molar-refractivity contribution in [2.75, 3.05) is 26.8 Å². The number of carboxylic acids is 1. The lowest BCUT2D eigenvalue weighted by Crippen LogP contribution is -2.52. The van der Waals surface area contributed by atoms with E-state index in [9.17, 15) is 9.59 Å². The van der Waals surface area contributed by atoms with Crippen molar-refractivity contribution in [3.63, 3.8) is 0 Å². The molecule has 1 amide bonds. The van der Waals surface area contributed by atoms with E-state index in [1.807, 2.05) is 13.8 Å². The standard InChI is InChI=1S/C12H22N2O4/c1-12(2)4-5-13-9(8-10(15)16)11(17)14(12)6-7-18-3/h9,13H,4-8H2,1-3H3,(H,15,16).